The molecule has 0 amide bonds. The van der Waals surface area contributed by atoms with E-state index in [2.05, 4.69) is 15.8 Å². The summed E-state index contributed by atoms with van der Waals surface area (Å²) < 4.78 is 10.6. The van der Waals surface area contributed by atoms with Crippen molar-refractivity contribution in [2.24, 2.45) is 22.9 Å². The van der Waals surface area contributed by atoms with E-state index in [9.17, 15) is 0 Å². The largest absolute Gasteiger partial charge is 0.493 e. The van der Waals surface area contributed by atoms with Gasteiger partial charge in [-0.25, -0.2) is 0 Å². The first-order valence-electron chi connectivity index (χ1n) is 9.42. The number of hydrogen-bond donors (Lipinski definition) is 2. The summed E-state index contributed by atoms with van der Waals surface area (Å²) in [5.74, 6) is 4.08. The Bertz CT molecular complexity index is 684. The van der Waals surface area contributed by atoms with E-state index in [0.717, 1.165) is 23.3 Å². The summed E-state index contributed by atoms with van der Waals surface area (Å²) >= 11 is 5.51. The van der Waals surface area contributed by atoms with Gasteiger partial charge >= 0.3 is 0 Å². The number of thiocarbonyl (C=S) groups is 1. The standard InChI is InChI=1S/C20H27N3O2S/c1-24-17-4-3-13(8-18(17)25-2)12-21-23-19(26)22-20-9-14-5-15(10-20)7-16(6-14)11-20/h3-4,8,12,14-16H,5-7,9-11H2,1-2H3,(H2,22,23,26). The lowest BCUT2D eigenvalue weighted by Gasteiger charge is -2.57. The summed E-state index contributed by atoms with van der Waals surface area (Å²) in [5, 5.41) is 8.54. The van der Waals surface area contributed by atoms with Crippen LogP contribution in [0, 0.1) is 17.8 Å². The average Bonchev–Trinajstić information content (AvgIpc) is 2.59. The molecule has 4 aliphatic carbocycles. The maximum Gasteiger partial charge on any atom is 0.187 e. The molecule has 1 aromatic carbocycles. The summed E-state index contributed by atoms with van der Waals surface area (Å²) in [5.41, 5.74) is 4.12. The van der Waals surface area contributed by atoms with Crippen molar-refractivity contribution in [1.29, 1.82) is 0 Å². The van der Waals surface area contributed by atoms with E-state index in [-0.39, 0.29) is 5.54 Å². The Hall–Kier alpha value is -1.82. The van der Waals surface area contributed by atoms with Crippen molar-refractivity contribution >= 4 is 23.5 Å². The Balaban J connectivity index is 1.35. The van der Waals surface area contributed by atoms with E-state index in [1.54, 1.807) is 20.4 Å². The molecule has 140 valence electrons. The predicted molar refractivity (Wildman–Crippen MR) is 107 cm³/mol. The number of nitrogens with zero attached hydrogens (tertiary/aromatic N) is 1. The van der Waals surface area contributed by atoms with Gasteiger partial charge in [-0.2, -0.15) is 5.10 Å². The Morgan fingerprint density at radius 2 is 1.69 bits per heavy atom. The van der Waals surface area contributed by atoms with Gasteiger partial charge in [0.25, 0.3) is 0 Å². The normalized spacial score (nSPS) is 31.8. The van der Waals surface area contributed by atoms with Crippen LogP contribution < -0.4 is 20.2 Å². The van der Waals surface area contributed by atoms with Crippen LogP contribution in [0.15, 0.2) is 23.3 Å². The summed E-state index contributed by atoms with van der Waals surface area (Å²) in [6, 6.07) is 5.69. The lowest BCUT2D eigenvalue weighted by atomic mass is 9.53. The zero-order chi connectivity index (χ0) is 18.1. The van der Waals surface area contributed by atoms with E-state index in [1.807, 2.05) is 18.2 Å². The first kappa shape index (κ1) is 17.6. The predicted octanol–water partition coefficient (Wildman–Crippen LogP) is 3.47. The van der Waals surface area contributed by atoms with Gasteiger partial charge in [-0.05, 0) is 92.3 Å². The highest BCUT2D eigenvalue weighted by atomic mass is 32.1. The Morgan fingerprint density at radius 1 is 1.08 bits per heavy atom. The molecule has 0 heterocycles. The second-order valence-corrected chi connectivity index (χ2v) is 8.54. The molecule has 5 nitrogen and oxygen atoms in total. The van der Waals surface area contributed by atoms with Gasteiger partial charge in [0.1, 0.15) is 0 Å². The molecule has 0 aliphatic heterocycles. The molecule has 0 aromatic heterocycles. The minimum absolute atomic E-state index is 0.206. The van der Waals surface area contributed by atoms with Crippen molar-refractivity contribution < 1.29 is 9.47 Å². The zero-order valence-electron chi connectivity index (χ0n) is 15.5. The first-order chi connectivity index (χ1) is 12.6. The molecule has 4 fully saturated rings. The van der Waals surface area contributed by atoms with E-state index in [1.165, 1.54) is 38.5 Å². The summed E-state index contributed by atoms with van der Waals surface area (Å²) in [6.45, 7) is 0. The van der Waals surface area contributed by atoms with Gasteiger partial charge in [0.15, 0.2) is 16.6 Å². The van der Waals surface area contributed by atoms with Crippen LogP contribution >= 0.6 is 12.2 Å². The average molecular weight is 374 g/mol. The Kier molecular flexibility index (Phi) is 4.78. The highest BCUT2D eigenvalue weighted by molar-refractivity contribution is 7.80. The topological polar surface area (TPSA) is 54.9 Å². The molecule has 0 spiro atoms. The first-order valence-corrected chi connectivity index (χ1v) is 9.83. The molecule has 6 heteroatoms. The summed E-state index contributed by atoms with van der Waals surface area (Å²) in [4.78, 5) is 0. The Morgan fingerprint density at radius 3 is 2.27 bits per heavy atom. The number of rotatable bonds is 5. The molecule has 26 heavy (non-hydrogen) atoms. The summed E-state index contributed by atoms with van der Waals surface area (Å²) in [6.07, 6.45) is 9.83. The molecular formula is C20H27N3O2S. The molecule has 4 aliphatic rings. The van der Waals surface area contributed by atoms with Crippen LogP contribution in [0.4, 0.5) is 0 Å². The quantitative estimate of drug-likeness (QED) is 0.470. The highest BCUT2D eigenvalue weighted by Gasteiger charge is 2.51. The highest BCUT2D eigenvalue weighted by Crippen LogP contribution is 2.55. The molecule has 2 N–H and O–H groups in total. The summed E-state index contributed by atoms with van der Waals surface area (Å²) in [7, 11) is 3.25. The second-order valence-electron chi connectivity index (χ2n) is 8.14. The van der Waals surface area contributed by atoms with Gasteiger partial charge in [-0.1, -0.05) is 0 Å². The van der Waals surface area contributed by atoms with Crippen LogP contribution in [0.5, 0.6) is 11.5 Å². The number of hydrazone groups is 1. The minimum atomic E-state index is 0.206. The number of hydrogen-bond acceptors (Lipinski definition) is 4. The van der Waals surface area contributed by atoms with Crippen LogP contribution in [0.25, 0.3) is 0 Å². The zero-order valence-corrected chi connectivity index (χ0v) is 16.3. The van der Waals surface area contributed by atoms with Gasteiger partial charge in [-0.15, -0.1) is 0 Å². The maximum absolute atomic E-state index is 5.51. The SMILES string of the molecule is COc1ccc(C=NNC(=S)NC23CC4CC(CC(C4)C2)C3)cc1OC. The van der Waals surface area contributed by atoms with Crippen molar-refractivity contribution in [2.75, 3.05) is 14.2 Å². The molecule has 0 saturated heterocycles. The fraction of sp³-hybridized carbons (Fsp3) is 0.600. The van der Waals surface area contributed by atoms with E-state index >= 15 is 0 Å². The molecule has 4 saturated carbocycles. The molecule has 0 atom stereocenters. The van der Waals surface area contributed by atoms with Crippen molar-refractivity contribution in [3.8, 4) is 11.5 Å². The van der Waals surface area contributed by atoms with E-state index in [4.69, 9.17) is 21.7 Å². The van der Waals surface area contributed by atoms with Gasteiger partial charge in [0, 0.05) is 5.54 Å². The lowest BCUT2D eigenvalue weighted by Crippen LogP contribution is -2.61. The molecule has 5 rings (SSSR count). The van der Waals surface area contributed by atoms with Crippen molar-refractivity contribution in [2.45, 2.75) is 44.1 Å². The van der Waals surface area contributed by atoms with Crippen LogP contribution in [-0.2, 0) is 0 Å². The van der Waals surface area contributed by atoms with Gasteiger partial charge in [0.05, 0.1) is 20.4 Å². The number of nitrogens with one attached hydrogen (secondary N) is 2. The Labute approximate surface area is 160 Å². The smallest absolute Gasteiger partial charge is 0.187 e. The van der Waals surface area contributed by atoms with Crippen LogP contribution in [0.2, 0.25) is 0 Å². The maximum atomic E-state index is 5.51. The number of benzene rings is 1. The van der Waals surface area contributed by atoms with Crippen LogP contribution in [0.1, 0.15) is 44.1 Å². The van der Waals surface area contributed by atoms with Gasteiger partial charge in [0.2, 0.25) is 0 Å². The van der Waals surface area contributed by atoms with Crippen LogP contribution in [0.3, 0.4) is 0 Å². The molecule has 0 unspecified atom stereocenters. The monoisotopic (exact) mass is 373 g/mol. The number of ether oxygens (including phenoxy) is 2. The van der Waals surface area contributed by atoms with Gasteiger partial charge < -0.3 is 14.8 Å². The third-order valence-corrected chi connectivity index (χ3v) is 6.40. The third-order valence-electron chi connectivity index (χ3n) is 6.20. The molecule has 0 radical (unpaired) electrons. The second kappa shape index (κ2) is 7.06. The van der Waals surface area contributed by atoms with Gasteiger partial charge in [-0.3, -0.25) is 5.43 Å². The molecule has 1 aromatic rings. The van der Waals surface area contributed by atoms with Crippen molar-refractivity contribution in [3.63, 3.8) is 0 Å². The van der Waals surface area contributed by atoms with Crippen molar-refractivity contribution in [1.82, 2.24) is 10.7 Å². The lowest BCUT2D eigenvalue weighted by molar-refractivity contribution is -0.0101. The third kappa shape index (κ3) is 3.52. The number of methoxy groups -OCH3 is 2. The fourth-order valence-corrected chi connectivity index (χ4v) is 5.90. The van der Waals surface area contributed by atoms with E-state index in [0.29, 0.717) is 16.6 Å². The van der Waals surface area contributed by atoms with Crippen molar-refractivity contribution in [3.05, 3.63) is 23.8 Å². The van der Waals surface area contributed by atoms with Crippen LogP contribution in [-0.4, -0.2) is 31.1 Å². The van der Waals surface area contributed by atoms with E-state index < -0.39 is 0 Å². The fourth-order valence-electron chi connectivity index (χ4n) is 5.63. The minimum Gasteiger partial charge on any atom is -0.493 e. The molecule has 4 bridgehead atoms. The molecular weight excluding hydrogens is 346 g/mol.